The van der Waals surface area contributed by atoms with E-state index in [1.54, 1.807) is 17.7 Å². The Morgan fingerprint density at radius 2 is 2.09 bits per heavy atom. The normalized spacial score (nSPS) is 28.4. The number of nitrogens with zero attached hydrogens (tertiary/aromatic N) is 3. The van der Waals surface area contributed by atoms with Crippen molar-refractivity contribution in [1.82, 2.24) is 9.97 Å². The van der Waals surface area contributed by atoms with Crippen molar-refractivity contribution >= 4 is 27.4 Å². The van der Waals surface area contributed by atoms with Crippen LogP contribution in [0.15, 0.2) is 17.8 Å². The summed E-state index contributed by atoms with van der Waals surface area (Å²) in [5.41, 5.74) is -0.741. The molecule has 6 heteroatoms. The first kappa shape index (κ1) is 14.4. The minimum Gasteiger partial charge on any atom is -0.390 e. The van der Waals surface area contributed by atoms with Gasteiger partial charge in [0.1, 0.15) is 17.0 Å². The molecule has 2 fully saturated rings. The average molecular weight is 319 g/mol. The maximum absolute atomic E-state index is 10.4. The highest BCUT2D eigenvalue weighted by atomic mass is 32.1. The van der Waals surface area contributed by atoms with E-state index in [4.69, 9.17) is 4.74 Å². The van der Waals surface area contributed by atoms with E-state index in [0.29, 0.717) is 6.61 Å². The molecule has 0 bridgehead atoms. The van der Waals surface area contributed by atoms with Crippen molar-refractivity contribution in [1.29, 1.82) is 0 Å². The molecular formula is C16H21N3O2S. The summed E-state index contributed by atoms with van der Waals surface area (Å²) in [6.07, 6.45) is 5.02. The molecule has 2 aromatic rings. The van der Waals surface area contributed by atoms with Crippen molar-refractivity contribution in [3.8, 4) is 0 Å². The van der Waals surface area contributed by atoms with Gasteiger partial charge >= 0.3 is 0 Å². The predicted octanol–water partition coefficient (Wildman–Crippen LogP) is 2.59. The highest BCUT2D eigenvalue weighted by Crippen LogP contribution is 2.40. The Morgan fingerprint density at radius 3 is 2.86 bits per heavy atom. The zero-order chi connectivity index (χ0) is 15.2. The van der Waals surface area contributed by atoms with E-state index in [1.165, 1.54) is 0 Å². The molecule has 4 rings (SSSR count). The molecule has 1 atom stereocenters. The van der Waals surface area contributed by atoms with Crippen LogP contribution in [0, 0.1) is 0 Å². The summed E-state index contributed by atoms with van der Waals surface area (Å²) in [6, 6.07) is 2.10. The Bertz CT molecular complexity index is 677. The predicted molar refractivity (Wildman–Crippen MR) is 87.4 cm³/mol. The standard InChI is InChI=1S/C16H21N3O2S/c1-15(20)5-8-21-16(10-15)3-6-19(7-4-16)13-12-2-9-22-14(12)18-11-17-13/h2,9,11,20H,3-8,10H2,1H3. The van der Waals surface area contributed by atoms with E-state index in [9.17, 15) is 5.11 Å². The SMILES string of the molecule is CC1(O)CCOC2(CCN(c3ncnc4sccc34)CC2)C1. The number of aromatic nitrogens is 2. The molecule has 2 aliphatic rings. The van der Waals surface area contributed by atoms with E-state index < -0.39 is 5.60 Å². The first-order valence-electron chi connectivity index (χ1n) is 7.87. The third-order valence-electron chi connectivity index (χ3n) is 4.97. The molecule has 0 saturated carbocycles. The topological polar surface area (TPSA) is 58.5 Å². The van der Waals surface area contributed by atoms with Gasteiger partial charge in [-0.3, -0.25) is 0 Å². The van der Waals surface area contributed by atoms with Crippen LogP contribution in [0.3, 0.4) is 0 Å². The van der Waals surface area contributed by atoms with Crippen LogP contribution < -0.4 is 4.90 Å². The summed E-state index contributed by atoms with van der Waals surface area (Å²) in [5, 5.41) is 13.6. The summed E-state index contributed by atoms with van der Waals surface area (Å²) in [6.45, 7) is 4.42. The third-order valence-corrected chi connectivity index (χ3v) is 5.79. The van der Waals surface area contributed by atoms with E-state index in [1.807, 2.05) is 6.92 Å². The third kappa shape index (κ3) is 2.49. The lowest BCUT2D eigenvalue weighted by atomic mass is 9.78. The van der Waals surface area contributed by atoms with Gasteiger partial charge in [-0.25, -0.2) is 9.97 Å². The Balaban J connectivity index is 1.53. The zero-order valence-corrected chi connectivity index (χ0v) is 13.6. The minimum absolute atomic E-state index is 0.154. The lowest BCUT2D eigenvalue weighted by molar-refractivity contribution is -0.162. The maximum atomic E-state index is 10.4. The molecule has 1 unspecified atom stereocenters. The van der Waals surface area contributed by atoms with E-state index in [2.05, 4.69) is 26.3 Å². The maximum Gasteiger partial charge on any atom is 0.140 e. The van der Waals surface area contributed by atoms with Crippen molar-refractivity contribution in [2.24, 2.45) is 0 Å². The second kappa shape index (κ2) is 5.15. The number of anilines is 1. The molecular weight excluding hydrogens is 298 g/mol. The second-order valence-electron chi connectivity index (χ2n) is 6.78. The van der Waals surface area contributed by atoms with Gasteiger partial charge in [0.05, 0.1) is 23.2 Å². The molecule has 22 heavy (non-hydrogen) atoms. The van der Waals surface area contributed by atoms with Crippen molar-refractivity contribution in [3.05, 3.63) is 17.8 Å². The van der Waals surface area contributed by atoms with E-state index in [0.717, 1.165) is 54.8 Å². The number of hydrogen-bond donors (Lipinski definition) is 1. The van der Waals surface area contributed by atoms with Crippen LogP contribution >= 0.6 is 11.3 Å². The van der Waals surface area contributed by atoms with Gasteiger partial charge in [0.15, 0.2) is 0 Å². The fourth-order valence-electron chi connectivity index (χ4n) is 3.80. The highest BCUT2D eigenvalue weighted by Gasteiger charge is 2.44. The molecule has 2 aliphatic heterocycles. The number of rotatable bonds is 1. The first-order chi connectivity index (χ1) is 10.6. The van der Waals surface area contributed by atoms with Crippen molar-refractivity contribution in [2.75, 3.05) is 24.6 Å². The van der Waals surface area contributed by atoms with Crippen molar-refractivity contribution in [2.45, 2.75) is 43.8 Å². The summed E-state index contributed by atoms with van der Waals surface area (Å²) in [4.78, 5) is 12.2. The zero-order valence-electron chi connectivity index (χ0n) is 12.8. The molecule has 4 heterocycles. The molecule has 2 aromatic heterocycles. The molecule has 0 aromatic carbocycles. The van der Waals surface area contributed by atoms with E-state index in [-0.39, 0.29) is 5.60 Å². The average Bonchev–Trinajstić information content (AvgIpc) is 2.95. The summed E-state index contributed by atoms with van der Waals surface area (Å²) in [7, 11) is 0. The van der Waals surface area contributed by atoms with Gasteiger partial charge in [-0.15, -0.1) is 11.3 Å². The number of ether oxygens (including phenoxy) is 1. The monoisotopic (exact) mass is 319 g/mol. The minimum atomic E-state index is -0.587. The van der Waals surface area contributed by atoms with Crippen LogP contribution in [0.4, 0.5) is 5.82 Å². The van der Waals surface area contributed by atoms with Crippen LogP contribution in [0.2, 0.25) is 0 Å². The smallest absolute Gasteiger partial charge is 0.140 e. The van der Waals surface area contributed by atoms with Gasteiger partial charge < -0.3 is 14.7 Å². The van der Waals surface area contributed by atoms with Gasteiger partial charge in [0, 0.05) is 19.5 Å². The Morgan fingerprint density at radius 1 is 1.27 bits per heavy atom. The number of aliphatic hydroxyl groups is 1. The van der Waals surface area contributed by atoms with Gasteiger partial charge in [0.25, 0.3) is 0 Å². The summed E-state index contributed by atoms with van der Waals surface area (Å²) in [5.74, 6) is 1.03. The highest BCUT2D eigenvalue weighted by molar-refractivity contribution is 7.16. The van der Waals surface area contributed by atoms with Crippen molar-refractivity contribution < 1.29 is 9.84 Å². The van der Waals surface area contributed by atoms with Crippen LogP contribution in [0.25, 0.3) is 10.2 Å². The first-order valence-corrected chi connectivity index (χ1v) is 8.75. The Kier molecular flexibility index (Phi) is 3.36. The summed E-state index contributed by atoms with van der Waals surface area (Å²) < 4.78 is 6.08. The molecule has 0 radical (unpaired) electrons. The Hall–Kier alpha value is -1.24. The molecule has 0 aliphatic carbocycles. The second-order valence-corrected chi connectivity index (χ2v) is 7.67. The fraction of sp³-hybridized carbons (Fsp3) is 0.625. The van der Waals surface area contributed by atoms with Gasteiger partial charge in [-0.05, 0) is 37.6 Å². The lowest BCUT2D eigenvalue weighted by Crippen LogP contribution is -2.53. The van der Waals surface area contributed by atoms with Crippen LogP contribution in [-0.2, 0) is 4.74 Å². The van der Waals surface area contributed by atoms with Gasteiger partial charge in [-0.2, -0.15) is 0 Å². The van der Waals surface area contributed by atoms with Crippen LogP contribution in [0.5, 0.6) is 0 Å². The molecule has 0 amide bonds. The molecule has 1 N–H and O–H groups in total. The van der Waals surface area contributed by atoms with Crippen LogP contribution in [0.1, 0.15) is 32.6 Å². The van der Waals surface area contributed by atoms with Gasteiger partial charge in [0.2, 0.25) is 0 Å². The fourth-order valence-corrected chi connectivity index (χ4v) is 4.52. The Labute approximate surface area is 133 Å². The molecule has 5 nitrogen and oxygen atoms in total. The molecule has 1 spiro atoms. The van der Waals surface area contributed by atoms with Gasteiger partial charge in [-0.1, -0.05) is 0 Å². The van der Waals surface area contributed by atoms with Crippen molar-refractivity contribution in [3.63, 3.8) is 0 Å². The summed E-state index contributed by atoms with van der Waals surface area (Å²) >= 11 is 1.65. The quantitative estimate of drug-likeness (QED) is 0.875. The van der Waals surface area contributed by atoms with E-state index >= 15 is 0 Å². The number of thiophene rings is 1. The number of hydrogen-bond acceptors (Lipinski definition) is 6. The number of fused-ring (bicyclic) bond motifs is 1. The number of piperidine rings is 1. The lowest BCUT2D eigenvalue weighted by Gasteiger charge is -2.48. The molecule has 2 saturated heterocycles. The molecule has 118 valence electrons. The van der Waals surface area contributed by atoms with Crippen LogP contribution in [-0.4, -0.2) is 46.0 Å². The largest absolute Gasteiger partial charge is 0.390 e.